The van der Waals surface area contributed by atoms with Gasteiger partial charge in [0.15, 0.2) is 33.3 Å². The van der Waals surface area contributed by atoms with Crippen molar-refractivity contribution in [3.63, 3.8) is 0 Å². The number of hydrogen-bond donors (Lipinski definition) is 1. The maximum atomic E-state index is 13.4. The quantitative estimate of drug-likeness (QED) is 0.137. The molecule has 1 saturated heterocycles. The zero-order chi connectivity index (χ0) is 35.9. The van der Waals surface area contributed by atoms with E-state index >= 15 is 0 Å². The fourth-order valence-electron chi connectivity index (χ4n) is 5.55. The van der Waals surface area contributed by atoms with E-state index in [2.05, 4.69) is 83.5 Å². The summed E-state index contributed by atoms with van der Waals surface area (Å²) >= 11 is 8.40. The third-order valence-electron chi connectivity index (χ3n) is 7.34. The van der Waals surface area contributed by atoms with E-state index in [9.17, 15) is 9.50 Å². The van der Waals surface area contributed by atoms with Crippen molar-refractivity contribution in [2.75, 3.05) is 6.61 Å². The van der Waals surface area contributed by atoms with Gasteiger partial charge < -0.3 is 27.5 Å². The molecular weight excluding hydrogens is 717 g/mol. The minimum absolute atomic E-state index is 0.259. The fraction of sp³-hybridized carbons (Fsp3) is 0.559. The molecule has 1 fully saturated rings. The van der Waals surface area contributed by atoms with Gasteiger partial charge in [0.25, 0.3) is 0 Å². The van der Waals surface area contributed by atoms with Gasteiger partial charge in [0.2, 0.25) is 11.7 Å². The van der Waals surface area contributed by atoms with Crippen LogP contribution in [0.3, 0.4) is 0 Å². The molecule has 1 aliphatic heterocycles. The summed E-state index contributed by atoms with van der Waals surface area (Å²) in [5.74, 6) is -2.39. The van der Waals surface area contributed by atoms with Gasteiger partial charge in [-0.2, -0.15) is 4.39 Å². The molecule has 1 aliphatic rings. The fourth-order valence-corrected chi connectivity index (χ4v) is 10.7. The molecule has 0 bridgehead atoms. The smallest absolute Gasteiger partial charge is 0.221 e. The van der Waals surface area contributed by atoms with E-state index < -0.39 is 69.4 Å². The van der Waals surface area contributed by atoms with Gasteiger partial charge in [-0.05, 0) is 121 Å². The number of benzene rings is 1. The normalized spacial score (nSPS) is 24.2. The third-order valence-corrected chi connectivity index (χ3v) is 12.8. The molecule has 1 aromatic carbocycles. The molecule has 48 heavy (non-hydrogen) atoms. The average molecular weight is 771 g/mol. The second-order valence-corrected chi connectivity index (χ2v) is 35.9. The standard InChI is InChI=1S/C34H53ClFNO6SSi4/c1-45(2,3)39-22-28-31(41-46(4,5)6)32(42-47(7,8)9)33(43-48(10,11)12)34(38,40-28)25-14-16-27(35)24(19-25)20-26-15-17-29(44-26)23-13-18-30(36)37-21-23/h13-19,21,28,31-33,38H,20,22H2,1-12H3/t28-,31-,32+,33+,34+/m1/s1. The number of hydrogen-bond acceptors (Lipinski definition) is 8. The Morgan fingerprint density at radius 3 is 2.02 bits per heavy atom. The monoisotopic (exact) mass is 769 g/mol. The van der Waals surface area contributed by atoms with Crippen LogP contribution in [-0.2, 0) is 34.6 Å². The van der Waals surface area contributed by atoms with Crippen LogP contribution in [0, 0.1) is 5.95 Å². The molecule has 3 heterocycles. The van der Waals surface area contributed by atoms with Gasteiger partial charge in [0.05, 0.1) is 6.61 Å². The van der Waals surface area contributed by atoms with Gasteiger partial charge in [-0.3, -0.25) is 0 Å². The molecule has 0 aliphatic carbocycles. The highest BCUT2D eigenvalue weighted by Gasteiger charge is 2.59. The summed E-state index contributed by atoms with van der Waals surface area (Å²) in [6.07, 6.45) is -0.521. The molecule has 0 unspecified atom stereocenters. The Balaban J connectivity index is 1.81. The molecule has 14 heteroatoms. The van der Waals surface area contributed by atoms with Crippen LogP contribution in [0.25, 0.3) is 10.4 Å². The van der Waals surface area contributed by atoms with Crippen molar-refractivity contribution >= 4 is 56.2 Å². The highest BCUT2D eigenvalue weighted by Crippen LogP contribution is 2.44. The number of nitrogens with zero attached hydrogens (tertiary/aromatic N) is 1. The molecule has 266 valence electrons. The minimum atomic E-state index is -2.29. The first-order valence-corrected chi connectivity index (χ1v) is 31.3. The topological polar surface area (TPSA) is 79.3 Å². The lowest BCUT2D eigenvalue weighted by Crippen LogP contribution is -2.69. The third kappa shape index (κ3) is 11.0. The summed E-state index contributed by atoms with van der Waals surface area (Å²) in [6, 6.07) is 12.7. The second kappa shape index (κ2) is 14.9. The Labute approximate surface area is 299 Å². The van der Waals surface area contributed by atoms with Crippen molar-refractivity contribution in [1.29, 1.82) is 0 Å². The van der Waals surface area contributed by atoms with Crippen molar-refractivity contribution in [3.8, 4) is 10.4 Å². The van der Waals surface area contributed by atoms with Gasteiger partial charge in [0, 0.05) is 38.5 Å². The maximum Gasteiger partial charge on any atom is 0.221 e. The highest BCUT2D eigenvalue weighted by molar-refractivity contribution is 7.15. The molecule has 2 aromatic heterocycles. The largest absolute Gasteiger partial charge is 0.415 e. The summed E-state index contributed by atoms with van der Waals surface area (Å²) in [5.41, 5.74) is 2.22. The van der Waals surface area contributed by atoms with Gasteiger partial charge in [-0.15, -0.1) is 11.3 Å². The predicted octanol–water partition coefficient (Wildman–Crippen LogP) is 9.25. The lowest BCUT2D eigenvalue weighted by Gasteiger charge is -2.54. The van der Waals surface area contributed by atoms with Crippen molar-refractivity contribution < 1.29 is 31.9 Å². The first kappa shape index (κ1) is 39.7. The van der Waals surface area contributed by atoms with Crippen LogP contribution in [0.5, 0.6) is 0 Å². The van der Waals surface area contributed by atoms with Gasteiger partial charge in [-0.1, -0.05) is 17.7 Å². The Morgan fingerprint density at radius 2 is 1.46 bits per heavy atom. The number of aliphatic hydroxyl groups is 1. The zero-order valence-electron chi connectivity index (χ0n) is 30.4. The highest BCUT2D eigenvalue weighted by atomic mass is 35.5. The van der Waals surface area contributed by atoms with Crippen LogP contribution in [0.4, 0.5) is 4.39 Å². The van der Waals surface area contributed by atoms with E-state index in [4.69, 9.17) is 34.0 Å². The van der Waals surface area contributed by atoms with Crippen LogP contribution in [0.1, 0.15) is 16.0 Å². The first-order valence-electron chi connectivity index (χ1n) is 16.5. The lowest BCUT2D eigenvalue weighted by molar-refractivity contribution is -0.348. The summed E-state index contributed by atoms with van der Waals surface area (Å²) in [7, 11) is -8.59. The molecule has 0 saturated carbocycles. The molecule has 7 nitrogen and oxygen atoms in total. The molecular formula is C34H53ClFNO6SSi4. The van der Waals surface area contributed by atoms with Crippen molar-refractivity contribution in [1.82, 2.24) is 4.98 Å². The first-order chi connectivity index (χ1) is 21.9. The van der Waals surface area contributed by atoms with E-state index in [1.807, 2.05) is 30.3 Å². The summed E-state index contributed by atoms with van der Waals surface area (Å²) in [6.45, 7) is 25.9. The van der Waals surface area contributed by atoms with E-state index in [0.29, 0.717) is 17.0 Å². The van der Waals surface area contributed by atoms with Crippen LogP contribution in [-0.4, -0.2) is 74.4 Å². The van der Waals surface area contributed by atoms with Crippen molar-refractivity contribution in [2.24, 2.45) is 0 Å². The van der Waals surface area contributed by atoms with Gasteiger partial charge in [0.1, 0.15) is 24.4 Å². The molecule has 0 spiro atoms. The summed E-state index contributed by atoms with van der Waals surface area (Å²) in [5, 5.41) is 13.5. The number of rotatable bonds is 13. The van der Waals surface area contributed by atoms with E-state index in [0.717, 1.165) is 20.9 Å². The van der Waals surface area contributed by atoms with Crippen LogP contribution in [0.2, 0.25) is 83.6 Å². The minimum Gasteiger partial charge on any atom is -0.415 e. The number of aromatic nitrogens is 1. The average Bonchev–Trinajstić information content (AvgIpc) is 3.39. The molecule has 4 rings (SSSR count). The number of halogens is 2. The molecule has 3 aromatic rings. The van der Waals surface area contributed by atoms with Crippen molar-refractivity contribution in [2.45, 2.75) is 115 Å². The Kier molecular flexibility index (Phi) is 12.3. The van der Waals surface area contributed by atoms with Crippen LogP contribution in [0.15, 0.2) is 48.7 Å². The van der Waals surface area contributed by atoms with E-state index in [1.54, 1.807) is 17.4 Å². The predicted molar refractivity (Wildman–Crippen MR) is 204 cm³/mol. The van der Waals surface area contributed by atoms with E-state index in [-0.39, 0.29) is 6.61 Å². The van der Waals surface area contributed by atoms with Crippen LogP contribution < -0.4 is 0 Å². The van der Waals surface area contributed by atoms with Crippen LogP contribution >= 0.6 is 22.9 Å². The number of pyridine rings is 1. The maximum absolute atomic E-state index is 13.4. The molecule has 0 radical (unpaired) electrons. The Morgan fingerprint density at radius 1 is 0.833 bits per heavy atom. The SMILES string of the molecule is C[Si](C)(C)OC[C@H]1O[C@@](O)(c2ccc(Cl)c(Cc3ccc(-c4ccc(F)nc4)s3)c2)[C@@H](O[Si](C)(C)C)[C@@H](O[Si](C)(C)C)[C@@H]1O[Si](C)(C)C. The summed E-state index contributed by atoms with van der Waals surface area (Å²) < 4.78 is 47.5. The Bertz CT molecular complexity index is 1540. The van der Waals surface area contributed by atoms with Gasteiger partial charge >= 0.3 is 0 Å². The number of ether oxygens (including phenoxy) is 1. The molecule has 5 atom stereocenters. The van der Waals surface area contributed by atoms with Crippen molar-refractivity contribution in [3.05, 3.63) is 75.6 Å². The molecule has 1 N–H and O–H groups in total. The lowest BCUT2D eigenvalue weighted by atomic mass is 9.87. The zero-order valence-corrected chi connectivity index (χ0v) is 36.0. The van der Waals surface area contributed by atoms with Gasteiger partial charge in [-0.25, -0.2) is 4.98 Å². The second-order valence-electron chi connectivity index (χ2n) is 16.4. The Hall–Kier alpha value is -1.08. The molecule has 0 amide bonds. The summed E-state index contributed by atoms with van der Waals surface area (Å²) in [4.78, 5) is 5.84. The number of thiophene rings is 1. The van der Waals surface area contributed by atoms with E-state index in [1.165, 1.54) is 12.3 Å².